The van der Waals surface area contributed by atoms with Crippen LogP contribution in [-0.2, 0) is 6.54 Å². The van der Waals surface area contributed by atoms with Crippen molar-refractivity contribution in [2.75, 3.05) is 6.54 Å². The van der Waals surface area contributed by atoms with Crippen LogP contribution in [0.15, 0.2) is 12.5 Å². The van der Waals surface area contributed by atoms with Crippen LogP contribution in [0.2, 0.25) is 0 Å². The Hall–Kier alpha value is -0.830. The predicted molar refractivity (Wildman–Crippen MR) is 68.2 cm³/mol. The van der Waals surface area contributed by atoms with Gasteiger partial charge < -0.3 is 10.3 Å². The molecular formula is C13H25N3. The number of H-pyrrole nitrogens is 1. The quantitative estimate of drug-likeness (QED) is 0.675. The summed E-state index contributed by atoms with van der Waals surface area (Å²) in [7, 11) is 0. The highest BCUT2D eigenvalue weighted by Gasteiger charge is 2.06. The summed E-state index contributed by atoms with van der Waals surface area (Å²) in [6.07, 6.45) is 10.3. The van der Waals surface area contributed by atoms with Crippen LogP contribution in [0, 0.1) is 5.92 Å². The van der Waals surface area contributed by atoms with E-state index in [9.17, 15) is 0 Å². The third-order valence-electron chi connectivity index (χ3n) is 2.97. The van der Waals surface area contributed by atoms with Crippen molar-refractivity contribution in [1.82, 2.24) is 15.3 Å². The Morgan fingerprint density at radius 1 is 1.31 bits per heavy atom. The van der Waals surface area contributed by atoms with Crippen LogP contribution in [0.4, 0.5) is 0 Å². The zero-order valence-corrected chi connectivity index (χ0v) is 10.6. The summed E-state index contributed by atoms with van der Waals surface area (Å²) < 4.78 is 0. The maximum atomic E-state index is 4.01. The van der Waals surface area contributed by atoms with Crippen molar-refractivity contribution in [3.8, 4) is 0 Å². The standard InChI is InChI=1S/C13H25N3/c1-3-5-7-12(6-4-2)8-14-9-13-10-15-11-16-13/h10-12,14H,3-9H2,1-2H3,(H,15,16). The number of rotatable bonds is 9. The van der Waals surface area contributed by atoms with Crippen molar-refractivity contribution in [2.24, 2.45) is 5.92 Å². The van der Waals surface area contributed by atoms with E-state index in [0.29, 0.717) is 0 Å². The number of aromatic nitrogens is 2. The van der Waals surface area contributed by atoms with E-state index in [1.807, 2.05) is 6.20 Å². The lowest BCUT2D eigenvalue weighted by Gasteiger charge is -2.16. The van der Waals surface area contributed by atoms with Crippen LogP contribution in [0.25, 0.3) is 0 Å². The normalized spacial score (nSPS) is 12.9. The highest BCUT2D eigenvalue weighted by atomic mass is 14.9. The number of nitrogens with one attached hydrogen (secondary N) is 2. The summed E-state index contributed by atoms with van der Waals surface area (Å²) in [6, 6.07) is 0. The number of unbranched alkanes of at least 4 members (excludes halogenated alkanes) is 1. The fourth-order valence-electron chi connectivity index (χ4n) is 2.04. The SMILES string of the molecule is CCCCC(CCC)CNCc1cnc[nH]1. The minimum Gasteiger partial charge on any atom is -0.347 e. The summed E-state index contributed by atoms with van der Waals surface area (Å²) in [4.78, 5) is 7.12. The van der Waals surface area contributed by atoms with E-state index in [2.05, 4.69) is 29.1 Å². The fraction of sp³-hybridized carbons (Fsp3) is 0.769. The Morgan fingerprint density at radius 3 is 2.81 bits per heavy atom. The first-order valence-corrected chi connectivity index (χ1v) is 6.54. The van der Waals surface area contributed by atoms with Gasteiger partial charge in [-0.1, -0.05) is 33.1 Å². The first-order valence-electron chi connectivity index (χ1n) is 6.54. The molecule has 0 aromatic carbocycles. The summed E-state index contributed by atoms with van der Waals surface area (Å²) in [5.41, 5.74) is 1.17. The van der Waals surface area contributed by atoms with E-state index in [4.69, 9.17) is 0 Å². The molecule has 0 aliphatic heterocycles. The Balaban J connectivity index is 2.15. The molecule has 0 saturated carbocycles. The largest absolute Gasteiger partial charge is 0.347 e. The third kappa shape index (κ3) is 5.31. The Morgan fingerprint density at radius 2 is 2.19 bits per heavy atom. The molecule has 0 fully saturated rings. The monoisotopic (exact) mass is 223 g/mol. The fourth-order valence-corrected chi connectivity index (χ4v) is 2.04. The molecule has 0 amide bonds. The van der Waals surface area contributed by atoms with Crippen molar-refractivity contribution < 1.29 is 0 Å². The van der Waals surface area contributed by atoms with Gasteiger partial charge in [-0.25, -0.2) is 4.98 Å². The Labute approximate surface area is 99.1 Å². The van der Waals surface area contributed by atoms with Crippen molar-refractivity contribution >= 4 is 0 Å². The first kappa shape index (κ1) is 13.2. The van der Waals surface area contributed by atoms with Gasteiger partial charge in [-0.05, 0) is 25.3 Å². The summed E-state index contributed by atoms with van der Waals surface area (Å²) in [6.45, 7) is 6.58. The lowest BCUT2D eigenvalue weighted by Crippen LogP contribution is -2.22. The summed E-state index contributed by atoms with van der Waals surface area (Å²) in [5.74, 6) is 0.841. The van der Waals surface area contributed by atoms with Crippen molar-refractivity contribution in [3.63, 3.8) is 0 Å². The molecule has 1 heterocycles. The molecule has 1 aromatic heterocycles. The van der Waals surface area contributed by atoms with Gasteiger partial charge in [-0.3, -0.25) is 0 Å². The van der Waals surface area contributed by atoms with E-state index in [-0.39, 0.29) is 0 Å². The van der Waals surface area contributed by atoms with Gasteiger partial charge in [0.15, 0.2) is 0 Å². The maximum Gasteiger partial charge on any atom is 0.0922 e. The summed E-state index contributed by atoms with van der Waals surface area (Å²) in [5, 5.41) is 3.51. The Bertz CT molecular complexity index is 244. The molecular weight excluding hydrogens is 198 g/mol. The number of hydrogen-bond acceptors (Lipinski definition) is 2. The van der Waals surface area contributed by atoms with E-state index in [1.54, 1.807) is 6.33 Å². The molecule has 16 heavy (non-hydrogen) atoms. The van der Waals surface area contributed by atoms with Crippen LogP contribution in [0.5, 0.6) is 0 Å². The second kappa shape index (κ2) is 8.34. The topological polar surface area (TPSA) is 40.7 Å². The van der Waals surface area contributed by atoms with E-state index in [1.165, 1.54) is 37.8 Å². The zero-order chi connectivity index (χ0) is 11.6. The van der Waals surface area contributed by atoms with Gasteiger partial charge >= 0.3 is 0 Å². The highest BCUT2D eigenvalue weighted by Crippen LogP contribution is 2.13. The average Bonchev–Trinajstić information content (AvgIpc) is 2.79. The van der Waals surface area contributed by atoms with Crippen molar-refractivity contribution in [3.05, 3.63) is 18.2 Å². The van der Waals surface area contributed by atoms with Gasteiger partial charge in [0.1, 0.15) is 0 Å². The molecule has 1 aromatic rings. The molecule has 92 valence electrons. The molecule has 1 rings (SSSR count). The van der Waals surface area contributed by atoms with E-state index >= 15 is 0 Å². The van der Waals surface area contributed by atoms with Crippen LogP contribution in [0.3, 0.4) is 0 Å². The minimum absolute atomic E-state index is 0.841. The third-order valence-corrected chi connectivity index (χ3v) is 2.97. The predicted octanol–water partition coefficient (Wildman–Crippen LogP) is 3.11. The molecule has 2 N–H and O–H groups in total. The smallest absolute Gasteiger partial charge is 0.0922 e. The van der Waals surface area contributed by atoms with E-state index < -0.39 is 0 Å². The van der Waals surface area contributed by atoms with E-state index in [0.717, 1.165) is 19.0 Å². The van der Waals surface area contributed by atoms with Crippen molar-refractivity contribution in [2.45, 2.75) is 52.5 Å². The molecule has 3 nitrogen and oxygen atoms in total. The molecule has 0 bridgehead atoms. The number of nitrogens with zero attached hydrogens (tertiary/aromatic N) is 1. The second-order valence-electron chi connectivity index (χ2n) is 4.50. The highest BCUT2D eigenvalue weighted by molar-refractivity contribution is 4.93. The zero-order valence-electron chi connectivity index (χ0n) is 10.6. The second-order valence-corrected chi connectivity index (χ2v) is 4.50. The number of aromatic amines is 1. The van der Waals surface area contributed by atoms with Gasteiger partial charge in [-0.15, -0.1) is 0 Å². The van der Waals surface area contributed by atoms with Crippen LogP contribution >= 0.6 is 0 Å². The molecule has 0 aliphatic rings. The molecule has 0 saturated heterocycles. The van der Waals surface area contributed by atoms with Crippen LogP contribution in [-0.4, -0.2) is 16.5 Å². The first-order chi connectivity index (χ1) is 7.86. The molecule has 0 spiro atoms. The average molecular weight is 223 g/mol. The lowest BCUT2D eigenvalue weighted by atomic mass is 9.97. The molecule has 1 atom stereocenters. The van der Waals surface area contributed by atoms with Gasteiger partial charge in [0, 0.05) is 18.4 Å². The molecule has 0 radical (unpaired) electrons. The van der Waals surface area contributed by atoms with Gasteiger partial charge in [0.2, 0.25) is 0 Å². The summed E-state index contributed by atoms with van der Waals surface area (Å²) >= 11 is 0. The lowest BCUT2D eigenvalue weighted by molar-refractivity contribution is 0.400. The molecule has 3 heteroatoms. The van der Waals surface area contributed by atoms with Crippen molar-refractivity contribution in [1.29, 1.82) is 0 Å². The molecule has 1 unspecified atom stereocenters. The number of hydrogen-bond donors (Lipinski definition) is 2. The van der Waals surface area contributed by atoms with Gasteiger partial charge in [0.25, 0.3) is 0 Å². The van der Waals surface area contributed by atoms with Gasteiger partial charge in [-0.2, -0.15) is 0 Å². The van der Waals surface area contributed by atoms with Crippen LogP contribution < -0.4 is 5.32 Å². The van der Waals surface area contributed by atoms with Gasteiger partial charge in [0.05, 0.1) is 6.33 Å². The van der Waals surface area contributed by atoms with Crippen LogP contribution in [0.1, 0.15) is 51.6 Å². The molecule has 0 aliphatic carbocycles. The Kier molecular flexibility index (Phi) is 6.90. The number of imidazole rings is 1. The minimum atomic E-state index is 0.841. The maximum absolute atomic E-state index is 4.01.